The molecule has 1 atom stereocenters. The molecular formula is C18H24N2O3S. The van der Waals surface area contributed by atoms with Crippen molar-refractivity contribution in [2.45, 2.75) is 26.8 Å². The lowest BCUT2D eigenvalue weighted by Crippen LogP contribution is -2.43. The van der Waals surface area contributed by atoms with Gasteiger partial charge in [0.05, 0.1) is 24.8 Å². The van der Waals surface area contributed by atoms with E-state index in [2.05, 4.69) is 27.7 Å². The molecular weight excluding hydrogens is 324 g/mol. The summed E-state index contributed by atoms with van der Waals surface area (Å²) in [7, 11) is 0. The maximum Gasteiger partial charge on any atom is 0.255 e. The number of rotatable bonds is 5. The van der Waals surface area contributed by atoms with Gasteiger partial charge in [0.2, 0.25) is 0 Å². The van der Waals surface area contributed by atoms with Crippen molar-refractivity contribution in [2.24, 2.45) is 0 Å². The standard InChI is InChI=1S/C18H24N2O3S/c1-12-13(2)23-14(3)17(12)18(21)19-11-15(16-5-4-10-24-16)20-6-8-22-9-7-20/h4-5,10,15H,6-9,11H2,1-3H3,(H,19,21)/t15-/m1/s1. The van der Waals surface area contributed by atoms with Gasteiger partial charge in [0.15, 0.2) is 0 Å². The number of nitrogens with zero attached hydrogens (tertiary/aromatic N) is 1. The van der Waals surface area contributed by atoms with Crippen molar-refractivity contribution in [1.29, 1.82) is 0 Å². The minimum atomic E-state index is -0.0586. The zero-order valence-electron chi connectivity index (χ0n) is 14.4. The van der Waals surface area contributed by atoms with E-state index in [1.165, 1.54) is 4.88 Å². The SMILES string of the molecule is Cc1oc(C)c(C(=O)NC[C@H](c2cccs2)N2CCOCC2)c1C. The number of thiophene rings is 1. The first-order valence-corrected chi connectivity index (χ1v) is 9.16. The first-order valence-electron chi connectivity index (χ1n) is 8.28. The zero-order chi connectivity index (χ0) is 17.1. The zero-order valence-corrected chi connectivity index (χ0v) is 15.2. The van der Waals surface area contributed by atoms with Gasteiger partial charge in [-0.2, -0.15) is 0 Å². The molecule has 5 nitrogen and oxygen atoms in total. The summed E-state index contributed by atoms with van der Waals surface area (Å²) < 4.78 is 11.0. The van der Waals surface area contributed by atoms with Gasteiger partial charge < -0.3 is 14.5 Å². The van der Waals surface area contributed by atoms with Crippen molar-refractivity contribution in [3.63, 3.8) is 0 Å². The second-order valence-electron chi connectivity index (χ2n) is 6.10. The molecule has 0 spiro atoms. The van der Waals surface area contributed by atoms with Gasteiger partial charge in [0.25, 0.3) is 5.91 Å². The van der Waals surface area contributed by atoms with Gasteiger partial charge in [0.1, 0.15) is 11.5 Å². The molecule has 3 rings (SSSR count). The molecule has 0 bridgehead atoms. The number of nitrogens with one attached hydrogen (secondary N) is 1. The van der Waals surface area contributed by atoms with Crippen LogP contribution in [-0.4, -0.2) is 43.7 Å². The Bertz CT molecular complexity index is 687. The Morgan fingerprint density at radius 3 is 2.62 bits per heavy atom. The predicted octanol–water partition coefficient (Wildman–Crippen LogP) is 3.07. The van der Waals surface area contributed by atoms with Crippen LogP contribution in [0.25, 0.3) is 0 Å². The van der Waals surface area contributed by atoms with Crippen molar-refractivity contribution in [2.75, 3.05) is 32.8 Å². The smallest absolute Gasteiger partial charge is 0.255 e. The maximum absolute atomic E-state index is 12.6. The Balaban J connectivity index is 1.72. The highest BCUT2D eigenvalue weighted by molar-refractivity contribution is 7.10. The van der Waals surface area contributed by atoms with Crippen LogP contribution >= 0.6 is 11.3 Å². The summed E-state index contributed by atoms with van der Waals surface area (Å²) in [4.78, 5) is 16.3. The molecule has 1 N–H and O–H groups in total. The third kappa shape index (κ3) is 3.55. The number of ether oxygens (including phenoxy) is 1. The first kappa shape index (κ1) is 17.2. The highest BCUT2D eigenvalue weighted by atomic mass is 32.1. The fourth-order valence-electron chi connectivity index (χ4n) is 3.18. The highest BCUT2D eigenvalue weighted by Crippen LogP contribution is 2.26. The number of hydrogen-bond donors (Lipinski definition) is 1. The van der Waals surface area contributed by atoms with Gasteiger partial charge in [-0.3, -0.25) is 9.69 Å². The van der Waals surface area contributed by atoms with Crippen molar-refractivity contribution < 1.29 is 13.9 Å². The van der Waals surface area contributed by atoms with Crippen molar-refractivity contribution in [3.8, 4) is 0 Å². The summed E-state index contributed by atoms with van der Waals surface area (Å²) in [6, 6.07) is 4.38. The van der Waals surface area contributed by atoms with Crippen LogP contribution in [0.1, 0.15) is 38.4 Å². The van der Waals surface area contributed by atoms with Gasteiger partial charge >= 0.3 is 0 Å². The lowest BCUT2D eigenvalue weighted by atomic mass is 10.1. The molecule has 130 valence electrons. The Labute approximate surface area is 146 Å². The van der Waals surface area contributed by atoms with E-state index in [4.69, 9.17) is 9.15 Å². The van der Waals surface area contributed by atoms with Crippen LogP contribution in [0.3, 0.4) is 0 Å². The monoisotopic (exact) mass is 348 g/mol. The van der Waals surface area contributed by atoms with Crippen LogP contribution in [0.15, 0.2) is 21.9 Å². The van der Waals surface area contributed by atoms with E-state index in [9.17, 15) is 4.79 Å². The number of furan rings is 1. The third-order valence-corrected chi connectivity index (χ3v) is 5.58. The molecule has 24 heavy (non-hydrogen) atoms. The lowest BCUT2D eigenvalue weighted by molar-refractivity contribution is 0.0169. The van der Waals surface area contributed by atoms with E-state index < -0.39 is 0 Å². The van der Waals surface area contributed by atoms with Gasteiger partial charge in [-0.1, -0.05) is 6.07 Å². The first-order chi connectivity index (χ1) is 11.6. The Morgan fingerprint density at radius 1 is 1.29 bits per heavy atom. The van der Waals surface area contributed by atoms with Crippen LogP contribution < -0.4 is 5.32 Å². The molecule has 2 aromatic heterocycles. The minimum Gasteiger partial charge on any atom is -0.466 e. The average Bonchev–Trinajstić information content (AvgIpc) is 3.18. The molecule has 6 heteroatoms. The van der Waals surface area contributed by atoms with Crippen molar-refractivity contribution >= 4 is 17.2 Å². The molecule has 1 aliphatic heterocycles. The number of hydrogen-bond acceptors (Lipinski definition) is 5. The van der Waals surface area contributed by atoms with Crippen molar-refractivity contribution in [3.05, 3.63) is 45.0 Å². The molecule has 1 aliphatic rings. The number of amides is 1. The fourth-order valence-corrected chi connectivity index (χ4v) is 4.05. The van der Waals surface area contributed by atoms with E-state index in [0.29, 0.717) is 17.9 Å². The van der Waals surface area contributed by atoms with E-state index in [0.717, 1.165) is 37.6 Å². The summed E-state index contributed by atoms with van der Waals surface area (Å²) in [5.74, 6) is 1.43. The Kier molecular flexibility index (Phi) is 5.38. The van der Waals surface area contributed by atoms with Crippen LogP contribution in [0.2, 0.25) is 0 Å². The van der Waals surface area contributed by atoms with Crippen LogP contribution in [0.4, 0.5) is 0 Å². The summed E-state index contributed by atoms with van der Waals surface area (Å²) >= 11 is 1.73. The van der Waals surface area contributed by atoms with E-state index in [1.807, 2.05) is 20.8 Å². The molecule has 1 amide bonds. The summed E-state index contributed by atoms with van der Waals surface area (Å²) in [5.41, 5.74) is 1.59. The van der Waals surface area contributed by atoms with E-state index in [-0.39, 0.29) is 11.9 Å². The molecule has 2 aromatic rings. The third-order valence-electron chi connectivity index (χ3n) is 4.60. The fraction of sp³-hybridized carbons (Fsp3) is 0.500. The highest BCUT2D eigenvalue weighted by Gasteiger charge is 2.25. The second kappa shape index (κ2) is 7.51. The molecule has 0 aromatic carbocycles. The average molecular weight is 348 g/mol. The number of aryl methyl sites for hydroxylation is 2. The second-order valence-corrected chi connectivity index (χ2v) is 7.08. The predicted molar refractivity (Wildman–Crippen MR) is 94.7 cm³/mol. The molecule has 1 saturated heterocycles. The topological polar surface area (TPSA) is 54.7 Å². The summed E-state index contributed by atoms with van der Waals surface area (Å²) in [5, 5.41) is 5.19. The van der Waals surface area contributed by atoms with Crippen LogP contribution in [0, 0.1) is 20.8 Å². The van der Waals surface area contributed by atoms with Gasteiger partial charge in [0, 0.05) is 30.1 Å². The van der Waals surface area contributed by atoms with E-state index in [1.54, 1.807) is 11.3 Å². The van der Waals surface area contributed by atoms with Gasteiger partial charge in [-0.05, 0) is 32.2 Å². The summed E-state index contributed by atoms with van der Waals surface area (Å²) in [6.45, 7) is 9.52. The molecule has 0 radical (unpaired) electrons. The molecule has 0 unspecified atom stereocenters. The maximum atomic E-state index is 12.6. The Hall–Kier alpha value is -1.63. The van der Waals surface area contributed by atoms with Crippen LogP contribution in [-0.2, 0) is 4.74 Å². The van der Waals surface area contributed by atoms with Crippen LogP contribution in [0.5, 0.6) is 0 Å². The van der Waals surface area contributed by atoms with Gasteiger partial charge in [-0.25, -0.2) is 0 Å². The number of carbonyl (C=O) groups excluding carboxylic acids is 1. The lowest BCUT2D eigenvalue weighted by Gasteiger charge is -2.34. The largest absolute Gasteiger partial charge is 0.466 e. The number of carbonyl (C=O) groups is 1. The molecule has 0 saturated carbocycles. The molecule has 1 fully saturated rings. The van der Waals surface area contributed by atoms with Gasteiger partial charge in [-0.15, -0.1) is 11.3 Å². The minimum absolute atomic E-state index is 0.0586. The quantitative estimate of drug-likeness (QED) is 0.902. The Morgan fingerprint density at radius 2 is 2.04 bits per heavy atom. The number of morpholine rings is 1. The summed E-state index contributed by atoms with van der Waals surface area (Å²) in [6.07, 6.45) is 0. The van der Waals surface area contributed by atoms with Crippen molar-refractivity contribution in [1.82, 2.24) is 10.2 Å². The molecule has 0 aliphatic carbocycles. The molecule has 3 heterocycles. The van der Waals surface area contributed by atoms with E-state index >= 15 is 0 Å². The normalized spacial score (nSPS) is 17.0.